The molecule has 36 heavy (non-hydrogen) atoms. The molecule has 1 aliphatic rings. The van der Waals surface area contributed by atoms with Gasteiger partial charge in [-0.3, -0.25) is 4.98 Å². The number of hydrogen-bond acceptors (Lipinski definition) is 5. The molecule has 1 atom stereocenters. The van der Waals surface area contributed by atoms with Gasteiger partial charge in [0, 0.05) is 34.2 Å². The molecule has 4 aromatic rings. The minimum absolute atomic E-state index is 0.260. The Hall–Kier alpha value is -3.15. The molecule has 3 aromatic carbocycles. The Morgan fingerprint density at radius 1 is 1.17 bits per heavy atom. The van der Waals surface area contributed by atoms with Gasteiger partial charge in [-0.1, -0.05) is 23.7 Å². The van der Waals surface area contributed by atoms with E-state index in [1.807, 2.05) is 70.3 Å². The summed E-state index contributed by atoms with van der Waals surface area (Å²) in [4.78, 5) is 18.2. The number of rotatable bonds is 5. The Kier molecular flexibility index (Phi) is 6.39. The molecule has 186 valence electrons. The number of carbonyl (C=O) groups excluding carboxylic acids is 1. The van der Waals surface area contributed by atoms with E-state index in [0.29, 0.717) is 11.6 Å². The van der Waals surface area contributed by atoms with Gasteiger partial charge in [-0.25, -0.2) is 4.79 Å². The fourth-order valence-electron chi connectivity index (χ4n) is 5.05. The molecule has 0 fully saturated rings. The number of benzene rings is 3. The number of hydrogen-bond donors (Lipinski definition) is 0. The molecule has 0 spiro atoms. The minimum Gasteiger partial charge on any atom is -0.493 e. The first kappa shape index (κ1) is 24.5. The van der Waals surface area contributed by atoms with Crippen LogP contribution in [0.5, 0.6) is 5.75 Å². The predicted octanol–water partition coefficient (Wildman–Crippen LogP) is 7.37. The molecule has 2 heterocycles. The highest BCUT2D eigenvalue weighted by atomic mass is 35.5. The standard InChI is InChI=1S/C30H30ClNO4/c1-6-34-29(33)28(36-30(3,4)5)24-17(2)15-19-7-8-20(31)16-22(19)26(24)21-9-10-23-25-18(12-14-35-23)11-13-32-27(21)25/h7-11,13,15-16,28H,6,12,14H2,1-5H3. The number of aryl methyl sites for hydroxylation is 1. The topological polar surface area (TPSA) is 57.7 Å². The van der Waals surface area contributed by atoms with Crippen LogP contribution in [0.1, 0.15) is 50.5 Å². The second-order valence-electron chi connectivity index (χ2n) is 10.1. The van der Waals surface area contributed by atoms with Crippen molar-refractivity contribution >= 4 is 39.2 Å². The Morgan fingerprint density at radius 3 is 2.72 bits per heavy atom. The lowest BCUT2D eigenvalue weighted by atomic mass is 9.85. The zero-order valence-electron chi connectivity index (χ0n) is 21.3. The maximum atomic E-state index is 13.4. The number of nitrogens with zero attached hydrogens (tertiary/aromatic N) is 1. The molecule has 1 aromatic heterocycles. The Labute approximate surface area is 216 Å². The Morgan fingerprint density at radius 2 is 1.97 bits per heavy atom. The molecule has 0 N–H and O–H groups in total. The van der Waals surface area contributed by atoms with Crippen LogP contribution in [-0.2, 0) is 20.7 Å². The number of ether oxygens (including phenoxy) is 3. The highest BCUT2D eigenvalue weighted by molar-refractivity contribution is 6.31. The lowest BCUT2D eigenvalue weighted by Crippen LogP contribution is -2.29. The molecule has 0 radical (unpaired) electrons. The molecule has 6 heteroatoms. The molecule has 0 aliphatic carbocycles. The van der Waals surface area contributed by atoms with Gasteiger partial charge in [0.1, 0.15) is 5.75 Å². The van der Waals surface area contributed by atoms with E-state index in [4.69, 9.17) is 30.8 Å². The fourth-order valence-corrected chi connectivity index (χ4v) is 5.22. The van der Waals surface area contributed by atoms with Crippen molar-refractivity contribution in [3.05, 3.63) is 70.4 Å². The molecule has 0 amide bonds. The van der Waals surface area contributed by atoms with E-state index < -0.39 is 17.7 Å². The van der Waals surface area contributed by atoms with Gasteiger partial charge in [-0.05, 0) is 92.4 Å². The smallest absolute Gasteiger partial charge is 0.339 e. The van der Waals surface area contributed by atoms with Gasteiger partial charge in [0.2, 0.25) is 0 Å². The van der Waals surface area contributed by atoms with Crippen LogP contribution < -0.4 is 4.74 Å². The number of pyridine rings is 1. The van der Waals surface area contributed by atoms with Crippen molar-refractivity contribution in [3.8, 4) is 16.9 Å². The Balaban J connectivity index is 1.90. The Bertz CT molecular complexity index is 1480. The number of fused-ring (bicyclic) bond motifs is 1. The first-order valence-corrected chi connectivity index (χ1v) is 12.7. The zero-order chi connectivity index (χ0) is 25.6. The van der Waals surface area contributed by atoms with Crippen molar-refractivity contribution in [1.29, 1.82) is 0 Å². The van der Waals surface area contributed by atoms with Crippen LogP contribution in [0.15, 0.2) is 48.7 Å². The highest BCUT2D eigenvalue weighted by Gasteiger charge is 2.33. The van der Waals surface area contributed by atoms with Crippen LogP contribution in [0.2, 0.25) is 5.02 Å². The third-order valence-corrected chi connectivity index (χ3v) is 6.66. The van der Waals surface area contributed by atoms with Gasteiger partial charge in [0.15, 0.2) is 6.10 Å². The molecular formula is C30H30ClNO4. The maximum Gasteiger partial charge on any atom is 0.339 e. The largest absolute Gasteiger partial charge is 0.493 e. The number of carbonyl (C=O) groups is 1. The summed E-state index contributed by atoms with van der Waals surface area (Å²) in [5.41, 5.74) is 4.91. The average molecular weight is 504 g/mol. The van der Waals surface area contributed by atoms with E-state index in [0.717, 1.165) is 56.1 Å². The van der Waals surface area contributed by atoms with Gasteiger partial charge in [-0.2, -0.15) is 0 Å². The third kappa shape index (κ3) is 4.42. The van der Waals surface area contributed by atoms with Crippen LogP contribution in [0.4, 0.5) is 0 Å². The number of aromatic nitrogens is 1. The van der Waals surface area contributed by atoms with E-state index in [1.165, 1.54) is 5.56 Å². The summed E-state index contributed by atoms with van der Waals surface area (Å²) < 4.78 is 17.9. The summed E-state index contributed by atoms with van der Waals surface area (Å²) in [6, 6.07) is 14.0. The summed E-state index contributed by atoms with van der Waals surface area (Å²) in [6.45, 7) is 10.5. The van der Waals surface area contributed by atoms with E-state index in [9.17, 15) is 4.79 Å². The van der Waals surface area contributed by atoms with Crippen LogP contribution >= 0.6 is 11.6 Å². The first-order chi connectivity index (χ1) is 17.2. The monoisotopic (exact) mass is 503 g/mol. The highest BCUT2D eigenvalue weighted by Crippen LogP contribution is 2.45. The third-order valence-electron chi connectivity index (χ3n) is 6.42. The van der Waals surface area contributed by atoms with Crippen molar-refractivity contribution in [1.82, 2.24) is 4.98 Å². The zero-order valence-corrected chi connectivity index (χ0v) is 22.0. The quantitative estimate of drug-likeness (QED) is 0.266. The SMILES string of the molecule is CCOC(=O)C(OC(C)(C)C)c1c(C)cc2ccc(Cl)cc2c1-c1ccc2c3c(ccnc13)CCO2. The van der Waals surface area contributed by atoms with Crippen molar-refractivity contribution in [2.75, 3.05) is 13.2 Å². The van der Waals surface area contributed by atoms with Gasteiger partial charge in [-0.15, -0.1) is 0 Å². The van der Waals surface area contributed by atoms with E-state index >= 15 is 0 Å². The van der Waals surface area contributed by atoms with E-state index in [2.05, 4.69) is 6.07 Å². The van der Waals surface area contributed by atoms with Crippen molar-refractivity contribution < 1.29 is 19.0 Å². The molecule has 0 bridgehead atoms. The summed E-state index contributed by atoms with van der Waals surface area (Å²) in [7, 11) is 0. The molecule has 1 aliphatic heterocycles. The van der Waals surface area contributed by atoms with Gasteiger partial charge in [0.25, 0.3) is 0 Å². The van der Waals surface area contributed by atoms with Crippen molar-refractivity contribution in [3.63, 3.8) is 0 Å². The fraction of sp³-hybridized carbons (Fsp3) is 0.333. The van der Waals surface area contributed by atoms with Gasteiger partial charge >= 0.3 is 5.97 Å². The van der Waals surface area contributed by atoms with Gasteiger partial charge in [0.05, 0.1) is 24.3 Å². The average Bonchev–Trinajstić information content (AvgIpc) is 2.83. The van der Waals surface area contributed by atoms with Crippen LogP contribution in [0.25, 0.3) is 32.8 Å². The summed E-state index contributed by atoms with van der Waals surface area (Å²) in [6.07, 6.45) is 1.74. The predicted molar refractivity (Wildman–Crippen MR) is 144 cm³/mol. The maximum absolute atomic E-state index is 13.4. The second-order valence-corrected chi connectivity index (χ2v) is 10.5. The van der Waals surface area contributed by atoms with Crippen LogP contribution in [-0.4, -0.2) is 29.8 Å². The lowest BCUT2D eigenvalue weighted by Gasteiger charge is -2.30. The summed E-state index contributed by atoms with van der Waals surface area (Å²) in [5.74, 6) is 0.407. The first-order valence-electron chi connectivity index (χ1n) is 12.3. The second kappa shape index (κ2) is 9.38. The molecule has 5 nitrogen and oxygen atoms in total. The van der Waals surface area contributed by atoms with E-state index in [1.54, 1.807) is 6.92 Å². The van der Waals surface area contributed by atoms with Crippen molar-refractivity contribution in [2.24, 2.45) is 0 Å². The molecule has 0 saturated carbocycles. The summed E-state index contributed by atoms with van der Waals surface area (Å²) in [5, 5.41) is 3.56. The number of esters is 1. The lowest BCUT2D eigenvalue weighted by molar-refractivity contribution is -0.166. The normalized spacial score (nSPS) is 14.1. The van der Waals surface area contributed by atoms with Crippen LogP contribution in [0, 0.1) is 6.92 Å². The van der Waals surface area contributed by atoms with Crippen LogP contribution in [0.3, 0.4) is 0 Å². The van der Waals surface area contributed by atoms with Gasteiger partial charge < -0.3 is 14.2 Å². The van der Waals surface area contributed by atoms with Crippen molar-refractivity contribution in [2.45, 2.75) is 52.7 Å². The molecule has 5 rings (SSSR count). The van der Waals surface area contributed by atoms with E-state index in [-0.39, 0.29) is 6.61 Å². The molecular weight excluding hydrogens is 474 g/mol. The minimum atomic E-state index is -0.926. The molecule has 1 unspecified atom stereocenters. The summed E-state index contributed by atoms with van der Waals surface area (Å²) >= 11 is 6.51. The number of halogens is 1. The molecule has 0 saturated heterocycles.